The molecule has 0 fully saturated rings. The smallest absolute Gasteiger partial charge is 0.246 e. The number of carbonyl (C=O) groups is 4. The van der Waals surface area contributed by atoms with Crippen LogP contribution in [0.4, 0.5) is 5.69 Å². The molecular formula is C31H38N4O4. The van der Waals surface area contributed by atoms with Crippen molar-refractivity contribution in [2.45, 2.75) is 64.6 Å². The molecule has 0 saturated carbocycles. The molecule has 8 nitrogen and oxygen atoms in total. The van der Waals surface area contributed by atoms with Gasteiger partial charge in [0.2, 0.25) is 23.6 Å². The Balaban J connectivity index is 2.12. The topological polar surface area (TPSA) is 116 Å². The predicted octanol–water partition coefficient (Wildman–Crippen LogP) is 3.34. The summed E-state index contributed by atoms with van der Waals surface area (Å²) in [7, 11) is 0. The second-order valence-electron chi connectivity index (χ2n) is 9.77. The van der Waals surface area contributed by atoms with Gasteiger partial charge in [0, 0.05) is 24.1 Å². The second-order valence-corrected chi connectivity index (χ2v) is 9.77. The number of nitrogens with one attached hydrogen (secondary N) is 4. The number of rotatable bonds is 14. The first kappa shape index (κ1) is 30.8. The van der Waals surface area contributed by atoms with E-state index in [2.05, 4.69) is 33.8 Å². The summed E-state index contributed by atoms with van der Waals surface area (Å²) in [6, 6.07) is 13.5. The van der Waals surface area contributed by atoms with Crippen molar-refractivity contribution >= 4 is 29.3 Å². The van der Waals surface area contributed by atoms with Crippen molar-refractivity contribution in [1.29, 1.82) is 0 Å². The van der Waals surface area contributed by atoms with Gasteiger partial charge in [0.1, 0.15) is 18.1 Å². The molecule has 4 amide bonds. The third kappa shape index (κ3) is 10.9. The Morgan fingerprint density at radius 2 is 1.59 bits per heavy atom. The highest BCUT2D eigenvalue weighted by molar-refractivity contribution is 5.98. The zero-order valence-corrected chi connectivity index (χ0v) is 22.8. The van der Waals surface area contributed by atoms with Gasteiger partial charge < -0.3 is 21.3 Å². The first-order chi connectivity index (χ1) is 18.6. The Hall–Kier alpha value is -4.38. The molecule has 0 heterocycles. The Morgan fingerprint density at radius 3 is 2.23 bits per heavy atom. The average molecular weight is 531 g/mol. The predicted molar refractivity (Wildman–Crippen MR) is 154 cm³/mol. The molecule has 2 rings (SSSR count). The maximum absolute atomic E-state index is 13.4. The summed E-state index contributed by atoms with van der Waals surface area (Å²) in [4.78, 5) is 51.7. The first-order valence-corrected chi connectivity index (χ1v) is 13.0. The van der Waals surface area contributed by atoms with Crippen LogP contribution in [-0.4, -0.2) is 41.8 Å². The lowest BCUT2D eigenvalue weighted by atomic mass is 10.0. The van der Waals surface area contributed by atoms with E-state index in [0.717, 1.165) is 5.56 Å². The zero-order valence-electron chi connectivity index (χ0n) is 22.8. The SMILES string of the molecule is C#Cc1cccc(NC(=O)[C@H](C)NC(=O)[C@H](CC(C)C)NC(=O)[C@H](Cc2ccccc2)NC(=O)CCC=C)c1. The van der Waals surface area contributed by atoms with E-state index in [-0.39, 0.29) is 24.7 Å². The van der Waals surface area contributed by atoms with E-state index in [1.165, 1.54) is 0 Å². The normalized spacial score (nSPS) is 12.8. The van der Waals surface area contributed by atoms with E-state index in [4.69, 9.17) is 6.42 Å². The maximum Gasteiger partial charge on any atom is 0.246 e. The van der Waals surface area contributed by atoms with Crippen LogP contribution in [0.5, 0.6) is 0 Å². The lowest BCUT2D eigenvalue weighted by molar-refractivity contribution is -0.133. The van der Waals surface area contributed by atoms with Crippen molar-refractivity contribution in [3.05, 3.63) is 78.4 Å². The lowest BCUT2D eigenvalue weighted by Crippen LogP contribution is -2.56. The molecule has 4 N–H and O–H groups in total. The Kier molecular flexibility index (Phi) is 12.5. The standard InChI is InChI=1S/C31H38N4O4/c1-6-8-17-28(36)34-27(20-24-13-10-9-11-14-24)31(39)35-26(18-21(3)4)30(38)32-22(5)29(37)33-25-16-12-15-23(7-2)19-25/h2,6,9-16,19,21-22,26-27H,1,8,17-18,20H2,3-5H3,(H,32,38)(H,33,37)(H,34,36)(H,35,39)/t22-,26-,27-/m0/s1. The van der Waals surface area contributed by atoms with Gasteiger partial charge in [0.25, 0.3) is 0 Å². The van der Waals surface area contributed by atoms with Crippen molar-refractivity contribution in [3.8, 4) is 12.3 Å². The van der Waals surface area contributed by atoms with Crippen molar-refractivity contribution in [1.82, 2.24) is 16.0 Å². The van der Waals surface area contributed by atoms with Crippen molar-refractivity contribution in [2.75, 3.05) is 5.32 Å². The summed E-state index contributed by atoms with van der Waals surface area (Å²) in [6.45, 7) is 9.05. The zero-order chi connectivity index (χ0) is 28.8. The van der Waals surface area contributed by atoms with E-state index < -0.39 is 35.8 Å². The minimum absolute atomic E-state index is 0.0754. The summed E-state index contributed by atoms with van der Waals surface area (Å²) >= 11 is 0. The van der Waals surface area contributed by atoms with E-state index in [9.17, 15) is 19.2 Å². The summed E-state index contributed by atoms with van der Waals surface area (Å²) in [5.41, 5.74) is 2.00. The molecule has 0 spiro atoms. The van der Waals surface area contributed by atoms with Gasteiger partial charge in [-0.15, -0.1) is 13.0 Å². The molecule has 0 radical (unpaired) electrons. The van der Waals surface area contributed by atoms with Crippen LogP contribution < -0.4 is 21.3 Å². The molecule has 3 atom stereocenters. The van der Waals surface area contributed by atoms with Crippen molar-refractivity contribution < 1.29 is 19.2 Å². The van der Waals surface area contributed by atoms with Crippen LogP contribution in [-0.2, 0) is 25.6 Å². The number of terminal acetylenes is 1. The monoisotopic (exact) mass is 530 g/mol. The van der Waals surface area contributed by atoms with Gasteiger partial charge in [-0.2, -0.15) is 0 Å². The fourth-order valence-corrected chi connectivity index (χ4v) is 3.85. The van der Waals surface area contributed by atoms with Crippen molar-refractivity contribution in [3.63, 3.8) is 0 Å². The highest BCUT2D eigenvalue weighted by Crippen LogP contribution is 2.11. The van der Waals surface area contributed by atoms with Crippen molar-refractivity contribution in [2.24, 2.45) is 5.92 Å². The Morgan fingerprint density at radius 1 is 0.897 bits per heavy atom. The van der Waals surface area contributed by atoms with Gasteiger partial charge >= 0.3 is 0 Å². The molecule has 2 aromatic carbocycles. The third-order valence-electron chi connectivity index (χ3n) is 5.90. The minimum Gasteiger partial charge on any atom is -0.344 e. The number of benzene rings is 2. The molecule has 39 heavy (non-hydrogen) atoms. The minimum atomic E-state index is -0.902. The van der Waals surface area contributed by atoms with E-state index in [1.54, 1.807) is 37.3 Å². The molecule has 2 aromatic rings. The largest absolute Gasteiger partial charge is 0.344 e. The average Bonchev–Trinajstić information content (AvgIpc) is 2.91. The number of allylic oxidation sites excluding steroid dienone is 1. The second kappa shape index (κ2) is 15.8. The third-order valence-corrected chi connectivity index (χ3v) is 5.90. The summed E-state index contributed by atoms with van der Waals surface area (Å²) in [6.07, 6.45) is 8.35. The molecule has 0 aromatic heterocycles. The van der Waals surface area contributed by atoms with Gasteiger partial charge in [-0.1, -0.05) is 62.2 Å². The molecular weight excluding hydrogens is 492 g/mol. The first-order valence-electron chi connectivity index (χ1n) is 13.0. The molecule has 0 aliphatic heterocycles. The summed E-state index contributed by atoms with van der Waals surface area (Å²) < 4.78 is 0. The van der Waals surface area contributed by atoms with E-state index >= 15 is 0 Å². The molecule has 0 aliphatic rings. The van der Waals surface area contributed by atoms with E-state index in [0.29, 0.717) is 24.1 Å². The number of amides is 4. The van der Waals surface area contributed by atoms with Crippen LogP contribution in [0.1, 0.15) is 51.2 Å². The van der Waals surface area contributed by atoms with Gasteiger partial charge in [-0.3, -0.25) is 19.2 Å². The highest BCUT2D eigenvalue weighted by Gasteiger charge is 2.29. The van der Waals surface area contributed by atoms with Gasteiger partial charge in [-0.25, -0.2) is 0 Å². The van der Waals surface area contributed by atoms with Crippen LogP contribution in [0.3, 0.4) is 0 Å². The molecule has 0 bridgehead atoms. The summed E-state index contributed by atoms with van der Waals surface area (Å²) in [5, 5.41) is 11.0. The fraction of sp³-hybridized carbons (Fsp3) is 0.355. The molecule has 8 heteroatoms. The Bertz CT molecular complexity index is 1190. The van der Waals surface area contributed by atoms with Crippen LogP contribution in [0, 0.1) is 18.3 Å². The van der Waals surface area contributed by atoms with Crippen LogP contribution >= 0.6 is 0 Å². The molecule has 0 unspecified atom stereocenters. The number of hydrogen-bond donors (Lipinski definition) is 4. The number of carbonyl (C=O) groups excluding carboxylic acids is 4. The number of hydrogen-bond acceptors (Lipinski definition) is 4. The lowest BCUT2D eigenvalue weighted by Gasteiger charge is -2.25. The van der Waals surface area contributed by atoms with Gasteiger partial charge in [0.05, 0.1) is 0 Å². The quantitative estimate of drug-likeness (QED) is 0.221. The maximum atomic E-state index is 13.4. The van der Waals surface area contributed by atoms with Gasteiger partial charge in [0.15, 0.2) is 0 Å². The van der Waals surface area contributed by atoms with Crippen LogP contribution in [0.15, 0.2) is 67.3 Å². The van der Waals surface area contributed by atoms with E-state index in [1.807, 2.05) is 44.2 Å². The highest BCUT2D eigenvalue weighted by atomic mass is 16.2. The van der Waals surface area contributed by atoms with Crippen LogP contribution in [0.2, 0.25) is 0 Å². The van der Waals surface area contributed by atoms with Gasteiger partial charge in [-0.05, 0) is 49.4 Å². The molecule has 206 valence electrons. The molecule has 0 saturated heterocycles. The number of anilines is 1. The summed E-state index contributed by atoms with van der Waals surface area (Å²) in [5.74, 6) is 0.904. The van der Waals surface area contributed by atoms with Crippen LogP contribution in [0.25, 0.3) is 0 Å². The molecule has 0 aliphatic carbocycles. The Labute approximate surface area is 231 Å². The fourth-order valence-electron chi connectivity index (χ4n) is 3.85.